The summed E-state index contributed by atoms with van der Waals surface area (Å²) in [5.41, 5.74) is 7.88. The molecule has 4 rings (SSSR count). The molecule has 0 bridgehead atoms. The molecule has 3 N–H and O–H groups in total. The van der Waals surface area contributed by atoms with Crippen LogP contribution in [-0.4, -0.2) is 53.8 Å². The first-order valence-electron chi connectivity index (χ1n) is 10.9. The minimum Gasteiger partial charge on any atom is -0.477 e. The molecule has 0 aliphatic heterocycles. The predicted molar refractivity (Wildman–Crippen MR) is 131 cm³/mol. The van der Waals surface area contributed by atoms with E-state index < -0.39 is 12.7 Å². The largest absolute Gasteiger partial charge is 0.477 e. The van der Waals surface area contributed by atoms with Crippen LogP contribution in [-0.2, 0) is 13.6 Å². The maximum Gasteiger partial charge on any atom is 0.408 e. The van der Waals surface area contributed by atoms with Crippen molar-refractivity contribution in [3.05, 3.63) is 59.4 Å². The van der Waals surface area contributed by atoms with Crippen LogP contribution < -0.4 is 15.8 Å². The molecule has 10 nitrogen and oxygen atoms in total. The van der Waals surface area contributed by atoms with Gasteiger partial charge in [0.1, 0.15) is 23.1 Å². The minimum absolute atomic E-state index is 0.268. The van der Waals surface area contributed by atoms with Gasteiger partial charge in [-0.15, -0.1) is 0 Å². The number of hydrogen-bond acceptors (Lipinski definition) is 8. The summed E-state index contributed by atoms with van der Waals surface area (Å²) < 4.78 is 45.9. The summed E-state index contributed by atoms with van der Waals surface area (Å²) in [5, 5.41) is 11.4. The number of halogens is 4. The molecule has 0 radical (unpaired) electrons. The number of hydrogen-bond donors (Lipinski definition) is 2. The van der Waals surface area contributed by atoms with Gasteiger partial charge in [0.05, 0.1) is 35.8 Å². The first kappa shape index (κ1) is 25.8. The normalized spacial score (nSPS) is 11.2. The Morgan fingerprint density at radius 2 is 2.00 bits per heavy atom. The molecule has 192 valence electrons. The Bertz CT molecular complexity index is 1440. The van der Waals surface area contributed by atoms with Gasteiger partial charge in [0, 0.05) is 32.2 Å². The summed E-state index contributed by atoms with van der Waals surface area (Å²) in [4.78, 5) is 12.5. The number of nitrogens with two attached hydrogens (primary N) is 1. The molecule has 4 aromatic rings. The van der Waals surface area contributed by atoms with Crippen LogP contribution in [0.1, 0.15) is 17.5 Å². The van der Waals surface area contributed by atoms with E-state index in [9.17, 15) is 13.2 Å². The van der Waals surface area contributed by atoms with Crippen LogP contribution in [0.4, 0.5) is 24.7 Å². The highest BCUT2D eigenvalue weighted by Crippen LogP contribution is 2.27. The third-order valence-electron chi connectivity index (χ3n) is 4.86. The summed E-state index contributed by atoms with van der Waals surface area (Å²) in [5.74, 6) is 6.97. The van der Waals surface area contributed by atoms with Gasteiger partial charge in [-0.1, -0.05) is 23.4 Å². The fraction of sp³-hybridized carbons (Fsp3) is 0.261. The summed E-state index contributed by atoms with van der Waals surface area (Å²) in [7, 11) is 1.75. The van der Waals surface area contributed by atoms with Crippen LogP contribution in [0.3, 0.4) is 0 Å². The highest BCUT2D eigenvalue weighted by atomic mass is 35.5. The Morgan fingerprint density at radius 3 is 2.78 bits per heavy atom. The summed E-state index contributed by atoms with van der Waals surface area (Å²) >= 11 is 6.04. The summed E-state index contributed by atoms with van der Waals surface area (Å²) in [6.07, 6.45) is 3.41. The standard InChI is InChI=1S/C23H21ClF3N9O/c1-35-22(17(12-32-35)21-30-7-5-20(28)34-21)37-8-2-6-29-18-9-19(24)31-11-16(18)4-3-15-10-33-36(13-15)14-23(25,26)27/h5,7,9-13H,2,6,8,14H2,1H3,(H,29,31)(H2,28,30,34). The number of ether oxygens (including phenoxy) is 1. The molecule has 0 saturated carbocycles. The Morgan fingerprint density at radius 1 is 1.16 bits per heavy atom. The van der Waals surface area contributed by atoms with Crippen molar-refractivity contribution in [1.29, 1.82) is 0 Å². The molecule has 37 heavy (non-hydrogen) atoms. The molecule has 14 heteroatoms. The van der Waals surface area contributed by atoms with Crippen molar-refractivity contribution in [2.45, 2.75) is 19.1 Å². The van der Waals surface area contributed by atoms with Crippen LogP contribution in [0.25, 0.3) is 11.4 Å². The van der Waals surface area contributed by atoms with E-state index in [1.165, 1.54) is 18.6 Å². The Labute approximate surface area is 214 Å². The Kier molecular flexibility index (Phi) is 7.78. The van der Waals surface area contributed by atoms with Gasteiger partial charge in [-0.3, -0.25) is 4.68 Å². The molecule has 0 aromatic carbocycles. The fourth-order valence-electron chi connectivity index (χ4n) is 3.23. The predicted octanol–water partition coefficient (Wildman–Crippen LogP) is 3.55. The number of pyridine rings is 1. The average molecular weight is 532 g/mol. The van der Waals surface area contributed by atoms with E-state index in [4.69, 9.17) is 22.1 Å². The highest BCUT2D eigenvalue weighted by Gasteiger charge is 2.28. The molecule has 4 aromatic heterocycles. The van der Waals surface area contributed by atoms with E-state index in [-0.39, 0.29) is 5.15 Å². The first-order chi connectivity index (χ1) is 17.7. The SMILES string of the molecule is Cn1ncc(-c2nccc(N)n2)c1OCCCNc1cc(Cl)ncc1C#Cc1cnn(CC(F)(F)F)c1. The molecular weight excluding hydrogens is 511 g/mol. The van der Waals surface area contributed by atoms with Crippen LogP contribution in [0.2, 0.25) is 5.15 Å². The quantitative estimate of drug-likeness (QED) is 0.201. The minimum atomic E-state index is -4.36. The molecule has 0 amide bonds. The zero-order valence-corrected chi connectivity index (χ0v) is 20.3. The van der Waals surface area contributed by atoms with E-state index in [2.05, 4.69) is 42.3 Å². The zero-order valence-electron chi connectivity index (χ0n) is 19.5. The van der Waals surface area contributed by atoms with Gasteiger partial charge in [-0.05, 0) is 18.6 Å². The van der Waals surface area contributed by atoms with Crippen LogP contribution >= 0.6 is 11.6 Å². The third kappa shape index (κ3) is 7.11. The monoisotopic (exact) mass is 531 g/mol. The van der Waals surface area contributed by atoms with Crippen molar-refractivity contribution in [2.75, 3.05) is 24.2 Å². The fourth-order valence-corrected chi connectivity index (χ4v) is 3.39. The number of nitrogens with one attached hydrogen (secondary N) is 1. The van der Waals surface area contributed by atoms with Gasteiger partial charge in [0.2, 0.25) is 5.88 Å². The van der Waals surface area contributed by atoms with Crippen molar-refractivity contribution in [3.63, 3.8) is 0 Å². The molecule has 0 fully saturated rings. The Hall–Kier alpha value is -4.31. The molecule has 0 spiro atoms. The van der Waals surface area contributed by atoms with E-state index in [1.54, 1.807) is 36.3 Å². The molecule has 0 aliphatic carbocycles. The van der Waals surface area contributed by atoms with Crippen molar-refractivity contribution in [1.82, 2.24) is 34.5 Å². The van der Waals surface area contributed by atoms with Gasteiger partial charge < -0.3 is 15.8 Å². The van der Waals surface area contributed by atoms with Gasteiger partial charge in [0.25, 0.3) is 0 Å². The number of aryl methyl sites for hydroxylation is 1. The van der Waals surface area contributed by atoms with Crippen molar-refractivity contribution in [2.24, 2.45) is 7.05 Å². The van der Waals surface area contributed by atoms with Crippen molar-refractivity contribution in [3.8, 4) is 29.1 Å². The average Bonchev–Trinajstić information content (AvgIpc) is 3.43. The number of anilines is 2. The summed E-state index contributed by atoms with van der Waals surface area (Å²) in [6, 6.07) is 3.22. The van der Waals surface area contributed by atoms with Gasteiger partial charge >= 0.3 is 6.18 Å². The van der Waals surface area contributed by atoms with Crippen LogP contribution in [0.5, 0.6) is 5.88 Å². The van der Waals surface area contributed by atoms with E-state index in [1.807, 2.05) is 0 Å². The maximum atomic E-state index is 12.5. The molecule has 0 saturated heterocycles. The van der Waals surface area contributed by atoms with E-state index in [0.29, 0.717) is 59.5 Å². The zero-order chi connectivity index (χ0) is 26.4. The topological polar surface area (TPSA) is 122 Å². The Balaban J connectivity index is 1.36. The number of aromatic nitrogens is 7. The lowest BCUT2D eigenvalue weighted by Gasteiger charge is -2.11. The molecule has 4 heterocycles. The van der Waals surface area contributed by atoms with Gasteiger partial charge in [0.15, 0.2) is 5.82 Å². The molecule has 0 atom stereocenters. The lowest BCUT2D eigenvalue weighted by atomic mass is 10.2. The molecule has 0 aliphatic rings. The molecule has 0 unspecified atom stereocenters. The number of nitrogens with zero attached hydrogens (tertiary/aromatic N) is 7. The third-order valence-corrected chi connectivity index (χ3v) is 5.07. The lowest BCUT2D eigenvalue weighted by molar-refractivity contribution is -0.142. The highest BCUT2D eigenvalue weighted by molar-refractivity contribution is 6.29. The number of nitrogen functional groups attached to an aromatic ring is 1. The second kappa shape index (κ2) is 11.2. The number of rotatable bonds is 8. The lowest BCUT2D eigenvalue weighted by Crippen LogP contribution is -2.17. The smallest absolute Gasteiger partial charge is 0.408 e. The number of alkyl halides is 3. The second-order valence-corrected chi connectivity index (χ2v) is 8.15. The summed E-state index contributed by atoms with van der Waals surface area (Å²) in [6.45, 7) is -0.306. The maximum absolute atomic E-state index is 12.5. The van der Waals surface area contributed by atoms with Crippen LogP contribution in [0, 0.1) is 11.8 Å². The molecular formula is C23H21ClF3N9O. The van der Waals surface area contributed by atoms with E-state index in [0.717, 1.165) is 4.68 Å². The second-order valence-electron chi connectivity index (χ2n) is 7.77. The van der Waals surface area contributed by atoms with Crippen molar-refractivity contribution < 1.29 is 17.9 Å². The van der Waals surface area contributed by atoms with Gasteiger partial charge in [-0.25, -0.2) is 19.6 Å². The van der Waals surface area contributed by atoms with E-state index >= 15 is 0 Å². The van der Waals surface area contributed by atoms with Gasteiger partial charge in [-0.2, -0.15) is 23.4 Å². The van der Waals surface area contributed by atoms with Crippen molar-refractivity contribution >= 4 is 23.1 Å². The van der Waals surface area contributed by atoms with Crippen LogP contribution in [0.15, 0.2) is 43.1 Å². The first-order valence-corrected chi connectivity index (χ1v) is 11.3.